The second-order valence-electron chi connectivity index (χ2n) is 5.71. The van der Waals surface area contributed by atoms with E-state index in [-0.39, 0.29) is 0 Å². The predicted octanol–water partition coefficient (Wildman–Crippen LogP) is 3.82. The molecule has 2 aliphatic carbocycles. The maximum absolute atomic E-state index is 10.5. The van der Waals surface area contributed by atoms with Gasteiger partial charge in [-0.05, 0) is 55.4 Å². The Bertz CT molecular complexity index is 547. The van der Waals surface area contributed by atoms with E-state index >= 15 is 0 Å². The molecule has 3 nitrogen and oxygen atoms in total. The molecule has 0 atom stereocenters. The van der Waals surface area contributed by atoms with Crippen LogP contribution in [-0.2, 0) is 4.79 Å². The summed E-state index contributed by atoms with van der Waals surface area (Å²) in [5.41, 5.74) is 1.91. The monoisotopic (exact) mass is 291 g/mol. The molecule has 0 aliphatic heterocycles. The number of hydrogen-bond donors (Lipinski definition) is 1. The number of carbonyl (C=O) groups is 1. The molecule has 2 aliphatic rings. The summed E-state index contributed by atoms with van der Waals surface area (Å²) in [7, 11) is 0. The van der Waals surface area contributed by atoms with Crippen molar-refractivity contribution in [2.45, 2.75) is 31.7 Å². The van der Waals surface area contributed by atoms with Gasteiger partial charge in [0.1, 0.15) is 0 Å². The average molecular weight is 292 g/mol. The topological polar surface area (TPSA) is 40.5 Å². The Labute approximate surface area is 123 Å². The zero-order valence-electron chi connectivity index (χ0n) is 11.3. The molecular weight excluding hydrogens is 274 g/mol. The average Bonchev–Trinajstić information content (AvgIpc) is 3.26. The van der Waals surface area contributed by atoms with E-state index in [1.54, 1.807) is 6.08 Å². The van der Waals surface area contributed by atoms with Crippen LogP contribution in [0.4, 0.5) is 5.69 Å². The first-order valence-corrected chi connectivity index (χ1v) is 7.48. The van der Waals surface area contributed by atoms with Gasteiger partial charge in [0.25, 0.3) is 0 Å². The lowest BCUT2D eigenvalue weighted by Gasteiger charge is -2.26. The number of anilines is 1. The summed E-state index contributed by atoms with van der Waals surface area (Å²) >= 11 is 6.39. The first kappa shape index (κ1) is 13.5. The third-order valence-electron chi connectivity index (χ3n) is 3.84. The molecular formula is C16H18ClNO2. The molecule has 3 rings (SSSR count). The molecule has 0 aromatic heterocycles. The molecule has 2 fully saturated rings. The standard InChI is InChI=1S/C16H18ClNO2/c17-14-9-11(4-8-16(19)20)3-7-15(14)18(13-5-6-13)10-12-1-2-12/h3-4,7-9,12-13H,1-2,5-6,10H2,(H,19,20)/b8-4+. The van der Waals surface area contributed by atoms with Crippen LogP contribution in [0.1, 0.15) is 31.2 Å². The van der Waals surface area contributed by atoms with E-state index in [1.807, 2.05) is 18.2 Å². The van der Waals surface area contributed by atoms with E-state index in [2.05, 4.69) is 4.90 Å². The summed E-state index contributed by atoms with van der Waals surface area (Å²) in [6.07, 6.45) is 7.88. The lowest BCUT2D eigenvalue weighted by Crippen LogP contribution is -2.28. The Hall–Kier alpha value is -1.48. The molecule has 2 saturated carbocycles. The third-order valence-corrected chi connectivity index (χ3v) is 4.14. The first-order chi connectivity index (χ1) is 9.63. The van der Waals surface area contributed by atoms with Crippen molar-refractivity contribution in [2.24, 2.45) is 5.92 Å². The first-order valence-electron chi connectivity index (χ1n) is 7.10. The summed E-state index contributed by atoms with van der Waals surface area (Å²) in [5.74, 6) is -0.114. The maximum atomic E-state index is 10.5. The summed E-state index contributed by atoms with van der Waals surface area (Å²) in [5, 5.41) is 9.36. The molecule has 1 aromatic carbocycles. The lowest BCUT2D eigenvalue weighted by atomic mass is 10.1. The van der Waals surface area contributed by atoms with Crippen molar-refractivity contribution in [1.29, 1.82) is 0 Å². The van der Waals surface area contributed by atoms with Gasteiger partial charge in [-0.3, -0.25) is 0 Å². The van der Waals surface area contributed by atoms with Crippen LogP contribution in [0.3, 0.4) is 0 Å². The van der Waals surface area contributed by atoms with Crippen molar-refractivity contribution < 1.29 is 9.90 Å². The predicted molar refractivity (Wildman–Crippen MR) is 81.2 cm³/mol. The van der Waals surface area contributed by atoms with Crippen molar-refractivity contribution in [1.82, 2.24) is 0 Å². The third kappa shape index (κ3) is 3.34. The Morgan fingerprint density at radius 2 is 2.10 bits per heavy atom. The zero-order valence-corrected chi connectivity index (χ0v) is 12.0. The minimum Gasteiger partial charge on any atom is -0.478 e. The van der Waals surface area contributed by atoms with Gasteiger partial charge in [0.15, 0.2) is 0 Å². The van der Waals surface area contributed by atoms with Gasteiger partial charge in [-0.15, -0.1) is 0 Å². The molecule has 0 bridgehead atoms. The van der Waals surface area contributed by atoms with Crippen molar-refractivity contribution >= 4 is 29.3 Å². The number of benzene rings is 1. The van der Waals surface area contributed by atoms with Gasteiger partial charge in [-0.25, -0.2) is 4.79 Å². The van der Waals surface area contributed by atoms with Gasteiger partial charge < -0.3 is 10.0 Å². The van der Waals surface area contributed by atoms with Crippen LogP contribution in [0.5, 0.6) is 0 Å². The minimum atomic E-state index is -0.946. The molecule has 1 N–H and O–H groups in total. The molecule has 20 heavy (non-hydrogen) atoms. The number of carboxylic acids is 1. The summed E-state index contributed by atoms with van der Waals surface area (Å²) in [6.45, 7) is 1.11. The van der Waals surface area contributed by atoms with Gasteiger partial charge in [0.2, 0.25) is 0 Å². The van der Waals surface area contributed by atoms with Crippen molar-refractivity contribution in [2.75, 3.05) is 11.4 Å². The summed E-state index contributed by atoms with van der Waals surface area (Å²) < 4.78 is 0. The molecule has 0 saturated heterocycles. The molecule has 0 heterocycles. The van der Waals surface area contributed by atoms with Crippen molar-refractivity contribution in [3.63, 3.8) is 0 Å². The van der Waals surface area contributed by atoms with E-state index in [0.29, 0.717) is 11.1 Å². The SMILES string of the molecule is O=C(O)/C=C/c1ccc(N(CC2CC2)C2CC2)c(Cl)c1. The summed E-state index contributed by atoms with van der Waals surface area (Å²) in [4.78, 5) is 13.0. The highest BCUT2D eigenvalue weighted by molar-refractivity contribution is 6.33. The van der Waals surface area contributed by atoms with Crippen LogP contribution >= 0.6 is 11.6 Å². The number of rotatable bonds is 6. The fourth-order valence-electron chi connectivity index (χ4n) is 2.44. The second-order valence-corrected chi connectivity index (χ2v) is 6.12. The number of halogens is 1. The Morgan fingerprint density at radius 1 is 1.35 bits per heavy atom. The molecule has 1 aromatic rings. The lowest BCUT2D eigenvalue weighted by molar-refractivity contribution is -0.131. The quantitative estimate of drug-likeness (QED) is 0.810. The largest absolute Gasteiger partial charge is 0.478 e. The van der Waals surface area contributed by atoms with Crippen LogP contribution in [-0.4, -0.2) is 23.7 Å². The summed E-state index contributed by atoms with van der Waals surface area (Å²) in [6, 6.07) is 6.44. The van der Waals surface area contributed by atoms with E-state index in [0.717, 1.165) is 29.8 Å². The minimum absolute atomic E-state index is 0.647. The van der Waals surface area contributed by atoms with E-state index in [1.165, 1.54) is 25.7 Å². The van der Waals surface area contributed by atoms with Crippen molar-refractivity contribution in [3.05, 3.63) is 34.9 Å². The molecule has 4 heteroatoms. The number of nitrogens with zero attached hydrogens (tertiary/aromatic N) is 1. The highest BCUT2D eigenvalue weighted by atomic mass is 35.5. The Morgan fingerprint density at radius 3 is 2.65 bits per heavy atom. The Balaban J connectivity index is 1.79. The molecule has 106 valence electrons. The van der Waals surface area contributed by atoms with E-state index in [9.17, 15) is 4.79 Å². The normalized spacial score (nSPS) is 18.4. The van der Waals surface area contributed by atoms with E-state index < -0.39 is 5.97 Å². The second kappa shape index (κ2) is 5.49. The Kier molecular flexibility index (Phi) is 3.70. The maximum Gasteiger partial charge on any atom is 0.328 e. The zero-order chi connectivity index (χ0) is 14.1. The van der Waals surface area contributed by atoms with E-state index in [4.69, 9.17) is 16.7 Å². The van der Waals surface area contributed by atoms with Crippen LogP contribution in [0.25, 0.3) is 6.08 Å². The fraction of sp³-hybridized carbons (Fsp3) is 0.438. The number of hydrogen-bond acceptors (Lipinski definition) is 2. The smallest absolute Gasteiger partial charge is 0.328 e. The van der Waals surface area contributed by atoms with Gasteiger partial charge >= 0.3 is 5.97 Å². The number of carboxylic acid groups (broad SMARTS) is 1. The van der Waals surface area contributed by atoms with Crippen LogP contribution in [0.2, 0.25) is 5.02 Å². The highest BCUT2D eigenvalue weighted by Gasteiger charge is 2.34. The van der Waals surface area contributed by atoms with Gasteiger partial charge in [0, 0.05) is 18.7 Å². The van der Waals surface area contributed by atoms with Crippen LogP contribution in [0, 0.1) is 5.92 Å². The molecule has 0 amide bonds. The number of aliphatic carboxylic acids is 1. The van der Waals surface area contributed by atoms with Gasteiger partial charge in [-0.2, -0.15) is 0 Å². The van der Waals surface area contributed by atoms with Gasteiger partial charge in [0.05, 0.1) is 10.7 Å². The van der Waals surface area contributed by atoms with Crippen LogP contribution in [0.15, 0.2) is 24.3 Å². The molecule has 0 spiro atoms. The fourth-order valence-corrected chi connectivity index (χ4v) is 2.73. The van der Waals surface area contributed by atoms with Crippen LogP contribution < -0.4 is 4.90 Å². The molecule has 0 radical (unpaired) electrons. The molecule has 0 unspecified atom stereocenters. The highest BCUT2D eigenvalue weighted by Crippen LogP contribution is 2.40. The van der Waals surface area contributed by atoms with Crippen molar-refractivity contribution in [3.8, 4) is 0 Å². The van der Waals surface area contributed by atoms with Gasteiger partial charge in [-0.1, -0.05) is 17.7 Å².